The Morgan fingerprint density at radius 1 is 1.75 bits per heavy atom. The highest BCUT2D eigenvalue weighted by Gasteiger charge is 2.09. The SMILES string of the molecule is C=C(C(C)C)[N+](=O)[O-]. The summed E-state index contributed by atoms with van der Waals surface area (Å²) in [7, 11) is 0. The van der Waals surface area contributed by atoms with Gasteiger partial charge in [0.2, 0.25) is 5.70 Å². The first-order valence-corrected chi connectivity index (χ1v) is 2.39. The van der Waals surface area contributed by atoms with E-state index in [0.29, 0.717) is 0 Å². The van der Waals surface area contributed by atoms with Crippen molar-refractivity contribution in [3.8, 4) is 0 Å². The molecule has 0 aromatic rings. The number of nitro groups is 1. The van der Waals surface area contributed by atoms with E-state index in [1.807, 2.05) is 0 Å². The number of hydrogen-bond donors (Lipinski definition) is 0. The molecule has 0 aliphatic heterocycles. The predicted octanol–water partition coefficient (Wildman–Crippen LogP) is 1.43. The molecule has 0 N–H and O–H groups in total. The minimum atomic E-state index is -0.454. The summed E-state index contributed by atoms with van der Waals surface area (Å²) in [6.45, 7) is 6.74. The predicted molar refractivity (Wildman–Crippen MR) is 31.0 cm³/mol. The highest BCUT2D eigenvalue weighted by atomic mass is 16.6. The van der Waals surface area contributed by atoms with Gasteiger partial charge in [0.25, 0.3) is 0 Å². The zero-order valence-electron chi connectivity index (χ0n) is 5.05. The van der Waals surface area contributed by atoms with E-state index in [1.54, 1.807) is 13.8 Å². The van der Waals surface area contributed by atoms with Crippen LogP contribution < -0.4 is 0 Å². The van der Waals surface area contributed by atoms with Crippen LogP contribution in [0.3, 0.4) is 0 Å². The number of allylic oxidation sites excluding steroid dienone is 1. The van der Waals surface area contributed by atoms with Gasteiger partial charge in [-0.15, -0.1) is 0 Å². The van der Waals surface area contributed by atoms with Crippen molar-refractivity contribution in [1.82, 2.24) is 0 Å². The van der Waals surface area contributed by atoms with Gasteiger partial charge in [0.15, 0.2) is 0 Å². The van der Waals surface area contributed by atoms with Gasteiger partial charge >= 0.3 is 0 Å². The molecule has 0 rings (SSSR count). The molecule has 0 fully saturated rings. The van der Waals surface area contributed by atoms with Crippen LogP contribution >= 0.6 is 0 Å². The second kappa shape index (κ2) is 2.45. The molecule has 0 unspecified atom stereocenters. The van der Waals surface area contributed by atoms with E-state index in [1.165, 1.54) is 0 Å². The van der Waals surface area contributed by atoms with E-state index >= 15 is 0 Å². The molecule has 0 saturated carbocycles. The third-order valence-electron chi connectivity index (χ3n) is 0.901. The Morgan fingerprint density at radius 3 is 2.12 bits per heavy atom. The summed E-state index contributed by atoms with van der Waals surface area (Å²) in [6, 6.07) is 0. The van der Waals surface area contributed by atoms with Crippen LogP contribution in [0.4, 0.5) is 0 Å². The van der Waals surface area contributed by atoms with Crippen LogP contribution in [0.5, 0.6) is 0 Å². The van der Waals surface area contributed by atoms with Gasteiger partial charge in [-0.25, -0.2) is 0 Å². The van der Waals surface area contributed by atoms with Crippen LogP contribution in [0, 0.1) is 16.0 Å². The maximum atomic E-state index is 9.85. The Bertz CT molecular complexity index is 118. The summed E-state index contributed by atoms with van der Waals surface area (Å²) in [5.74, 6) is -0.0509. The maximum absolute atomic E-state index is 9.85. The Kier molecular flexibility index (Phi) is 2.19. The normalized spacial score (nSPS) is 9.38. The second-order valence-corrected chi connectivity index (χ2v) is 1.90. The molecule has 0 atom stereocenters. The number of hydrogen-bond acceptors (Lipinski definition) is 2. The van der Waals surface area contributed by atoms with Gasteiger partial charge in [0, 0.05) is 5.92 Å². The quantitative estimate of drug-likeness (QED) is 0.403. The van der Waals surface area contributed by atoms with Crippen molar-refractivity contribution >= 4 is 0 Å². The first-order chi connectivity index (χ1) is 3.55. The molecule has 0 heterocycles. The van der Waals surface area contributed by atoms with E-state index in [2.05, 4.69) is 6.58 Å². The third kappa shape index (κ3) is 1.73. The van der Waals surface area contributed by atoms with E-state index < -0.39 is 4.92 Å². The van der Waals surface area contributed by atoms with Crippen LogP contribution in [0.25, 0.3) is 0 Å². The molecule has 0 aliphatic rings. The molecule has 8 heavy (non-hydrogen) atoms. The average Bonchev–Trinajstić information content (AvgIpc) is 1.64. The average molecular weight is 115 g/mol. The van der Waals surface area contributed by atoms with Crippen LogP contribution in [0.2, 0.25) is 0 Å². The van der Waals surface area contributed by atoms with E-state index in [9.17, 15) is 10.1 Å². The van der Waals surface area contributed by atoms with Gasteiger partial charge in [-0.05, 0) is 6.58 Å². The summed E-state index contributed by atoms with van der Waals surface area (Å²) >= 11 is 0. The molecular weight excluding hydrogens is 106 g/mol. The summed E-state index contributed by atoms with van der Waals surface area (Å²) < 4.78 is 0. The Morgan fingerprint density at radius 2 is 2.12 bits per heavy atom. The van der Waals surface area contributed by atoms with Crippen molar-refractivity contribution in [2.75, 3.05) is 0 Å². The van der Waals surface area contributed by atoms with Crippen molar-refractivity contribution < 1.29 is 4.92 Å². The van der Waals surface area contributed by atoms with Crippen LogP contribution in [0.15, 0.2) is 12.3 Å². The molecule has 0 amide bonds. The molecule has 0 aromatic carbocycles. The van der Waals surface area contributed by atoms with Crippen molar-refractivity contribution in [1.29, 1.82) is 0 Å². The minimum absolute atomic E-state index is 0.0509. The number of nitrogens with zero attached hydrogens (tertiary/aromatic N) is 1. The van der Waals surface area contributed by atoms with Gasteiger partial charge in [0.1, 0.15) is 0 Å². The van der Waals surface area contributed by atoms with Crippen molar-refractivity contribution in [2.24, 2.45) is 5.92 Å². The zero-order valence-corrected chi connectivity index (χ0v) is 5.05. The molecule has 0 saturated heterocycles. The van der Waals surface area contributed by atoms with Crippen molar-refractivity contribution in [3.63, 3.8) is 0 Å². The highest BCUT2D eigenvalue weighted by Crippen LogP contribution is 2.05. The monoisotopic (exact) mass is 115 g/mol. The molecule has 0 bridgehead atoms. The lowest BCUT2D eigenvalue weighted by Crippen LogP contribution is -2.02. The van der Waals surface area contributed by atoms with Gasteiger partial charge in [-0.2, -0.15) is 0 Å². The Hall–Kier alpha value is -0.860. The molecule has 3 heteroatoms. The highest BCUT2D eigenvalue weighted by molar-refractivity contribution is 4.83. The van der Waals surface area contributed by atoms with Gasteiger partial charge < -0.3 is 0 Å². The summed E-state index contributed by atoms with van der Waals surface area (Å²) in [4.78, 5) is 9.39. The fourth-order valence-electron chi connectivity index (χ4n) is 0.211. The maximum Gasteiger partial charge on any atom is 0.241 e. The molecule has 0 aromatic heterocycles. The first-order valence-electron chi connectivity index (χ1n) is 2.39. The zero-order chi connectivity index (χ0) is 6.73. The molecular formula is C5H9NO2. The topological polar surface area (TPSA) is 43.1 Å². The lowest BCUT2D eigenvalue weighted by Gasteiger charge is -1.96. The fourth-order valence-corrected chi connectivity index (χ4v) is 0.211. The standard InChI is InChI=1S/C5H9NO2/c1-4(2)5(3)6(7)8/h4H,3H2,1-2H3. The minimum Gasteiger partial charge on any atom is -0.259 e. The summed E-state index contributed by atoms with van der Waals surface area (Å²) in [6.07, 6.45) is 0. The fraction of sp³-hybridized carbons (Fsp3) is 0.600. The lowest BCUT2D eigenvalue weighted by molar-refractivity contribution is -0.432. The summed E-state index contributed by atoms with van der Waals surface area (Å²) in [5.41, 5.74) is 0.0741. The second-order valence-electron chi connectivity index (χ2n) is 1.90. The van der Waals surface area contributed by atoms with Gasteiger partial charge in [-0.1, -0.05) is 13.8 Å². The van der Waals surface area contributed by atoms with Crippen molar-refractivity contribution in [2.45, 2.75) is 13.8 Å². The van der Waals surface area contributed by atoms with E-state index in [0.717, 1.165) is 0 Å². The van der Waals surface area contributed by atoms with Crippen LogP contribution in [-0.4, -0.2) is 4.92 Å². The van der Waals surface area contributed by atoms with Gasteiger partial charge in [-0.3, -0.25) is 10.1 Å². The number of rotatable bonds is 2. The third-order valence-corrected chi connectivity index (χ3v) is 0.901. The molecule has 0 aliphatic carbocycles. The van der Waals surface area contributed by atoms with Crippen LogP contribution in [0.1, 0.15) is 13.8 Å². The first kappa shape index (κ1) is 7.14. The van der Waals surface area contributed by atoms with Crippen LogP contribution in [-0.2, 0) is 0 Å². The molecule has 46 valence electrons. The Labute approximate surface area is 48.2 Å². The molecule has 0 spiro atoms. The molecule has 3 nitrogen and oxygen atoms in total. The van der Waals surface area contributed by atoms with E-state index in [4.69, 9.17) is 0 Å². The van der Waals surface area contributed by atoms with Gasteiger partial charge in [0.05, 0.1) is 4.92 Å². The lowest BCUT2D eigenvalue weighted by atomic mass is 10.2. The molecule has 0 radical (unpaired) electrons. The van der Waals surface area contributed by atoms with Crippen molar-refractivity contribution in [3.05, 3.63) is 22.4 Å². The smallest absolute Gasteiger partial charge is 0.241 e. The summed E-state index contributed by atoms with van der Waals surface area (Å²) in [5, 5.41) is 9.85. The largest absolute Gasteiger partial charge is 0.259 e. The Balaban J connectivity index is 3.84. The van der Waals surface area contributed by atoms with E-state index in [-0.39, 0.29) is 11.6 Å².